The van der Waals surface area contributed by atoms with Crippen molar-refractivity contribution in [3.8, 4) is 5.75 Å². The number of aryl methyl sites for hydroxylation is 1. The van der Waals surface area contributed by atoms with Gasteiger partial charge in [0.05, 0.1) is 6.54 Å². The van der Waals surface area contributed by atoms with Crippen LogP contribution in [0.25, 0.3) is 0 Å². The maximum Gasteiger partial charge on any atom is 0.342 e. The molecular weight excluding hydrogens is 379 g/mol. The third-order valence-corrected chi connectivity index (χ3v) is 4.17. The van der Waals surface area contributed by atoms with Crippen molar-refractivity contribution in [2.24, 2.45) is 0 Å². The number of likely N-dealkylation sites (N-methyl/N-ethyl adjacent to an activating group) is 1. The van der Waals surface area contributed by atoms with Gasteiger partial charge in [0.2, 0.25) is 5.91 Å². The van der Waals surface area contributed by atoms with Crippen LogP contribution in [0.2, 0.25) is 0 Å². The van der Waals surface area contributed by atoms with E-state index in [4.69, 9.17) is 4.74 Å². The molecule has 2 aromatic rings. The van der Waals surface area contributed by atoms with Gasteiger partial charge in [-0.1, -0.05) is 23.8 Å². The van der Waals surface area contributed by atoms with E-state index in [1.54, 1.807) is 32.0 Å². The molecule has 0 aromatic heterocycles. The minimum absolute atomic E-state index is 0.0297. The third kappa shape index (κ3) is 6.60. The second kappa shape index (κ2) is 10.2. The minimum Gasteiger partial charge on any atom is -0.507 e. The average molecular weight is 402 g/mol. The van der Waals surface area contributed by atoms with E-state index in [-0.39, 0.29) is 36.8 Å². The van der Waals surface area contributed by atoms with Crippen molar-refractivity contribution in [2.75, 3.05) is 19.7 Å². The Morgan fingerprint density at radius 1 is 1.14 bits per heavy atom. The van der Waals surface area contributed by atoms with Crippen LogP contribution in [-0.2, 0) is 20.9 Å². The van der Waals surface area contributed by atoms with E-state index in [2.05, 4.69) is 5.32 Å². The number of benzene rings is 2. The number of nitrogens with one attached hydrogen (secondary N) is 1. The number of amides is 2. The molecule has 2 amide bonds. The van der Waals surface area contributed by atoms with Crippen LogP contribution in [0, 0.1) is 12.7 Å². The number of carbonyl (C=O) groups excluding carboxylic acids is 3. The molecule has 0 saturated carbocycles. The van der Waals surface area contributed by atoms with E-state index >= 15 is 0 Å². The number of ether oxygens (including phenoxy) is 1. The van der Waals surface area contributed by atoms with E-state index < -0.39 is 24.4 Å². The maximum atomic E-state index is 12.9. The molecule has 0 atom stereocenters. The van der Waals surface area contributed by atoms with Crippen LogP contribution in [0.4, 0.5) is 4.39 Å². The smallest absolute Gasteiger partial charge is 0.342 e. The van der Waals surface area contributed by atoms with Gasteiger partial charge in [-0.15, -0.1) is 0 Å². The average Bonchev–Trinajstić information content (AvgIpc) is 2.71. The van der Waals surface area contributed by atoms with E-state index in [1.807, 2.05) is 0 Å². The first kappa shape index (κ1) is 21.9. The van der Waals surface area contributed by atoms with Crippen LogP contribution in [0.5, 0.6) is 5.75 Å². The van der Waals surface area contributed by atoms with E-state index in [1.165, 1.54) is 29.2 Å². The Morgan fingerprint density at radius 3 is 2.48 bits per heavy atom. The van der Waals surface area contributed by atoms with E-state index in [0.29, 0.717) is 0 Å². The predicted molar refractivity (Wildman–Crippen MR) is 104 cm³/mol. The molecule has 0 saturated heterocycles. The largest absolute Gasteiger partial charge is 0.507 e. The highest BCUT2D eigenvalue weighted by molar-refractivity contribution is 5.94. The van der Waals surface area contributed by atoms with Gasteiger partial charge < -0.3 is 20.1 Å². The molecule has 0 heterocycles. The van der Waals surface area contributed by atoms with Crippen LogP contribution in [0.1, 0.15) is 28.4 Å². The second-order valence-corrected chi connectivity index (χ2v) is 6.41. The summed E-state index contributed by atoms with van der Waals surface area (Å²) in [6, 6.07) is 10.2. The topological polar surface area (TPSA) is 95.9 Å². The Balaban J connectivity index is 1.84. The van der Waals surface area contributed by atoms with Crippen LogP contribution < -0.4 is 5.32 Å². The monoisotopic (exact) mass is 402 g/mol. The van der Waals surface area contributed by atoms with Gasteiger partial charge in [-0.05, 0) is 43.7 Å². The van der Waals surface area contributed by atoms with Gasteiger partial charge in [-0.2, -0.15) is 0 Å². The van der Waals surface area contributed by atoms with Crippen molar-refractivity contribution in [1.29, 1.82) is 0 Å². The number of hydrogen-bond acceptors (Lipinski definition) is 5. The first-order valence-corrected chi connectivity index (χ1v) is 9.05. The first-order chi connectivity index (χ1) is 13.8. The zero-order valence-electron chi connectivity index (χ0n) is 16.3. The van der Waals surface area contributed by atoms with Gasteiger partial charge in [-0.25, -0.2) is 9.18 Å². The Bertz CT molecular complexity index is 883. The summed E-state index contributed by atoms with van der Waals surface area (Å²) < 4.78 is 17.9. The van der Waals surface area contributed by atoms with Crippen LogP contribution >= 0.6 is 0 Å². The zero-order valence-corrected chi connectivity index (χ0v) is 16.3. The Labute approximate surface area is 168 Å². The number of nitrogens with zero attached hydrogens (tertiary/aromatic N) is 1. The fraction of sp³-hybridized carbons (Fsp3) is 0.286. The van der Waals surface area contributed by atoms with E-state index in [9.17, 15) is 23.9 Å². The van der Waals surface area contributed by atoms with Gasteiger partial charge >= 0.3 is 5.97 Å². The molecule has 2 rings (SSSR count). The number of phenolic OH excluding ortho intramolecular Hbond substituents is 1. The molecule has 0 fully saturated rings. The number of aromatic hydroxyl groups is 1. The molecule has 0 unspecified atom stereocenters. The Hall–Kier alpha value is -3.42. The fourth-order valence-electron chi connectivity index (χ4n) is 2.52. The van der Waals surface area contributed by atoms with E-state index in [0.717, 1.165) is 11.1 Å². The molecule has 0 aliphatic heterocycles. The number of esters is 1. The highest BCUT2D eigenvalue weighted by Gasteiger charge is 2.19. The Morgan fingerprint density at radius 2 is 1.83 bits per heavy atom. The molecule has 8 heteroatoms. The number of carbonyl (C=O) groups is 3. The summed E-state index contributed by atoms with van der Waals surface area (Å²) in [4.78, 5) is 37.7. The lowest BCUT2D eigenvalue weighted by atomic mass is 10.1. The molecule has 29 heavy (non-hydrogen) atoms. The maximum absolute atomic E-state index is 12.9. The van der Waals surface area contributed by atoms with Gasteiger partial charge in [-0.3, -0.25) is 9.59 Å². The summed E-state index contributed by atoms with van der Waals surface area (Å²) in [5, 5.41) is 12.4. The summed E-state index contributed by atoms with van der Waals surface area (Å²) >= 11 is 0. The number of halogens is 1. The molecule has 2 aromatic carbocycles. The lowest BCUT2D eigenvalue weighted by molar-refractivity contribution is -0.138. The highest BCUT2D eigenvalue weighted by atomic mass is 19.1. The molecular formula is C21H23FN2O5. The molecule has 0 spiro atoms. The number of phenols is 1. The SMILES string of the molecule is CCN(CC(=O)NCc1ccc(F)cc1)C(=O)COC(=O)c1cc(C)ccc1O. The molecule has 7 nitrogen and oxygen atoms in total. The summed E-state index contributed by atoms with van der Waals surface area (Å²) in [5.41, 5.74) is 1.45. The summed E-state index contributed by atoms with van der Waals surface area (Å²) in [7, 11) is 0. The van der Waals surface area contributed by atoms with Crippen molar-refractivity contribution in [2.45, 2.75) is 20.4 Å². The van der Waals surface area contributed by atoms with Crippen molar-refractivity contribution < 1.29 is 28.6 Å². The zero-order chi connectivity index (χ0) is 21.4. The van der Waals surface area contributed by atoms with Crippen LogP contribution in [0.3, 0.4) is 0 Å². The molecule has 0 aliphatic carbocycles. The number of rotatable bonds is 8. The quantitative estimate of drug-likeness (QED) is 0.660. The Kier molecular flexibility index (Phi) is 7.70. The third-order valence-electron chi connectivity index (χ3n) is 4.17. The fourth-order valence-corrected chi connectivity index (χ4v) is 2.52. The highest BCUT2D eigenvalue weighted by Crippen LogP contribution is 2.19. The molecule has 2 N–H and O–H groups in total. The van der Waals surface area contributed by atoms with Crippen molar-refractivity contribution >= 4 is 17.8 Å². The van der Waals surface area contributed by atoms with Crippen molar-refractivity contribution in [1.82, 2.24) is 10.2 Å². The summed E-state index contributed by atoms with van der Waals surface area (Å²) in [5.74, 6) is -2.36. The second-order valence-electron chi connectivity index (χ2n) is 6.41. The number of hydrogen-bond donors (Lipinski definition) is 2. The van der Waals surface area contributed by atoms with Gasteiger partial charge in [0.1, 0.15) is 17.1 Å². The first-order valence-electron chi connectivity index (χ1n) is 9.05. The summed E-state index contributed by atoms with van der Waals surface area (Å²) in [6.45, 7) is 3.14. The molecule has 154 valence electrons. The van der Waals surface area contributed by atoms with Crippen molar-refractivity contribution in [3.63, 3.8) is 0 Å². The lowest BCUT2D eigenvalue weighted by Crippen LogP contribution is -2.42. The standard InChI is InChI=1S/C21H23FN2O5/c1-3-24(12-19(26)23-11-15-5-7-16(22)8-6-15)20(27)13-29-21(28)17-10-14(2)4-9-18(17)25/h4-10,25H,3,11-13H2,1-2H3,(H,23,26). The van der Waals surface area contributed by atoms with Gasteiger partial charge in [0, 0.05) is 13.1 Å². The molecule has 0 radical (unpaired) electrons. The lowest BCUT2D eigenvalue weighted by Gasteiger charge is -2.20. The van der Waals surface area contributed by atoms with Crippen molar-refractivity contribution in [3.05, 3.63) is 65.0 Å². The van der Waals surface area contributed by atoms with Gasteiger partial charge in [0.15, 0.2) is 6.61 Å². The van der Waals surface area contributed by atoms with Crippen LogP contribution in [-0.4, -0.2) is 47.5 Å². The normalized spacial score (nSPS) is 10.3. The molecule has 0 aliphatic rings. The minimum atomic E-state index is -0.823. The molecule has 0 bridgehead atoms. The van der Waals surface area contributed by atoms with Gasteiger partial charge in [0.25, 0.3) is 5.91 Å². The van der Waals surface area contributed by atoms with Crippen LogP contribution in [0.15, 0.2) is 42.5 Å². The summed E-state index contributed by atoms with van der Waals surface area (Å²) in [6.07, 6.45) is 0. The predicted octanol–water partition coefficient (Wildman–Crippen LogP) is 2.16.